The Morgan fingerprint density at radius 2 is 2.04 bits per heavy atom. The molecular weight excluding hydrogens is 544 g/mol. The lowest BCUT2D eigenvalue weighted by atomic mass is 10.2. The lowest BCUT2D eigenvalue weighted by Gasteiger charge is -2.08. The van der Waals surface area contributed by atoms with E-state index >= 15 is 0 Å². The molecule has 0 unspecified atom stereocenters. The number of amides is 1. The number of halogens is 4. The van der Waals surface area contributed by atoms with Crippen LogP contribution in [0.4, 0.5) is 10.1 Å². The van der Waals surface area contributed by atoms with E-state index in [4.69, 9.17) is 4.74 Å². The summed E-state index contributed by atoms with van der Waals surface area (Å²) in [4.78, 5) is 12.0. The molecule has 0 saturated heterocycles. The zero-order chi connectivity index (χ0) is 17.0. The number of carbonyl (C=O) groups is 1. The number of rotatable bonds is 4. The molecule has 0 aliphatic heterocycles. The molecule has 7 heteroatoms. The number of hydrogen-bond acceptors (Lipinski definition) is 2. The summed E-state index contributed by atoms with van der Waals surface area (Å²) in [5.74, 6) is -0.289. The number of carbonyl (C=O) groups excluding carboxylic acids is 1. The highest BCUT2D eigenvalue weighted by Crippen LogP contribution is 2.33. The highest BCUT2D eigenvalue weighted by molar-refractivity contribution is 14.1. The van der Waals surface area contributed by atoms with Crippen molar-refractivity contribution in [3.05, 3.63) is 60.3 Å². The van der Waals surface area contributed by atoms with E-state index in [1.165, 1.54) is 18.2 Å². The average Bonchev–Trinajstić information content (AvgIpc) is 2.47. The largest absolute Gasteiger partial charge is 0.495 e. The molecule has 0 heterocycles. The molecule has 2 rings (SSSR count). The van der Waals surface area contributed by atoms with Crippen LogP contribution in [0.1, 0.15) is 5.56 Å². The minimum Gasteiger partial charge on any atom is -0.495 e. The molecular formula is C16H11Br2FINO2. The SMILES string of the molecule is COc1c(Br)cc(Br)cc1/C=C/C(=O)Nc1ccc(I)cc1F. The van der Waals surface area contributed by atoms with Crippen molar-refractivity contribution in [1.29, 1.82) is 0 Å². The molecule has 2 aromatic carbocycles. The summed E-state index contributed by atoms with van der Waals surface area (Å²) in [7, 11) is 1.55. The van der Waals surface area contributed by atoms with E-state index < -0.39 is 11.7 Å². The zero-order valence-electron chi connectivity index (χ0n) is 11.9. The minimum atomic E-state index is -0.471. The Labute approximate surface area is 163 Å². The maximum atomic E-state index is 13.7. The second-order valence-corrected chi connectivity index (χ2v) is 7.47. The fourth-order valence-corrected chi connectivity index (χ4v) is 3.72. The summed E-state index contributed by atoms with van der Waals surface area (Å²) in [6.45, 7) is 0. The third-order valence-corrected chi connectivity index (χ3v) is 4.56. The third-order valence-electron chi connectivity index (χ3n) is 2.84. The van der Waals surface area contributed by atoms with Crippen molar-refractivity contribution in [3.8, 4) is 5.75 Å². The molecule has 0 aromatic heterocycles. The normalized spacial score (nSPS) is 10.8. The van der Waals surface area contributed by atoms with Crippen LogP contribution >= 0.6 is 54.5 Å². The molecule has 2 aromatic rings. The average molecular weight is 555 g/mol. The van der Waals surface area contributed by atoms with Crippen LogP contribution < -0.4 is 10.1 Å². The highest BCUT2D eigenvalue weighted by Gasteiger charge is 2.08. The van der Waals surface area contributed by atoms with Gasteiger partial charge in [0.25, 0.3) is 0 Å². The van der Waals surface area contributed by atoms with Crippen LogP contribution in [-0.2, 0) is 4.79 Å². The van der Waals surface area contributed by atoms with Crippen molar-refractivity contribution in [1.82, 2.24) is 0 Å². The first-order valence-corrected chi connectivity index (χ1v) is 9.04. The summed E-state index contributed by atoms with van der Waals surface area (Å²) in [6.07, 6.45) is 2.93. The highest BCUT2D eigenvalue weighted by atomic mass is 127. The number of ether oxygens (including phenoxy) is 1. The second-order valence-electron chi connectivity index (χ2n) is 4.46. The van der Waals surface area contributed by atoms with Crippen LogP contribution in [0.3, 0.4) is 0 Å². The Kier molecular flexibility index (Phi) is 6.60. The molecule has 0 radical (unpaired) electrons. The van der Waals surface area contributed by atoms with Gasteiger partial charge in [-0.05, 0) is 74.9 Å². The van der Waals surface area contributed by atoms with Crippen LogP contribution in [0.25, 0.3) is 6.08 Å². The van der Waals surface area contributed by atoms with Gasteiger partial charge >= 0.3 is 0 Å². The van der Waals surface area contributed by atoms with Gasteiger partial charge in [0.05, 0.1) is 17.3 Å². The van der Waals surface area contributed by atoms with E-state index in [-0.39, 0.29) is 5.69 Å². The van der Waals surface area contributed by atoms with E-state index in [1.807, 2.05) is 34.7 Å². The topological polar surface area (TPSA) is 38.3 Å². The third kappa shape index (κ3) is 5.02. The Balaban J connectivity index is 2.18. The molecule has 0 atom stereocenters. The van der Waals surface area contributed by atoms with Gasteiger partial charge in [0.2, 0.25) is 5.91 Å². The van der Waals surface area contributed by atoms with Crippen molar-refractivity contribution in [2.24, 2.45) is 0 Å². The Morgan fingerprint density at radius 3 is 2.70 bits per heavy atom. The van der Waals surface area contributed by atoms with Gasteiger partial charge in [-0.2, -0.15) is 0 Å². The standard InChI is InChI=1S/C16H11Br2FINO2/c1-23-16-9(6-10(17)7-12(16)18)2-5-15(22)21-14-4-3-11(20)8-13(14)19/h2-8H,1H3,(H,21,22)/b5-2+. The summed E-state index contributed by atoms with van der Waals surface area (Å²) >= 11 is 8.78. The van der Waals surface area contributed by atoms with Gasteiger partial charge < -0.3 is 10.1 Å². The van der Waals surface area contributed by atoms with E-state index in [2.05, 4.69) is 37.2 Å². The number of benzene rings is 2. The molecule has 1 amide bonds. The van der Waals surface area contributed by atoms with Crippen molar-refractivity contribution < 1.29 is 13.9 Å². The Morgan fingerprint density at radius 1 is 1.30 bits per heavy atom. The monoisotopic (exact) mass is 553 g/mol. The molecule has 0 bridgehead atoms. The van der Waals surface area contributed by atoms with Crippen LogP contribution in [0.15, 0.2) is 45.4 Å². The van der Waals surface area contributed by atoms with Crippen LogP contribution in [0, 0.1) is 9.39 Å². The lowest BCUT2D eigenvalue weighted by molar-refractivity contribution is -0.111. The van der Waals surface area contributed by atoms with Gasteiger partial charge in [0.15, 0.2) is 0 Å². The van der Waals surface area contributed by atoms with Crippen molar-refractivity contribution >= 4 is 72.1 Å². The fourth-order valence-electron chi connectivity index (χ4n) is 1.85. The predicted octanol–water partition coefficient (Wildman–Crippen LogP) is 5.62. The van der Waals surface area contributed by atoms with Crippen molar-refractivity contribution in [2.75, 3.05) is 12.4 Å². The maximum absolute atomic E-state index is 13.7. The van der Waals surface area contributed by atoms with Gasteiger partial charge in [0, 0.05) is 19.7 Å². The summed E-state index contributed by atoms with van der Waals surface area (Å²) < 4.78 is 21.4. The van der Waals surface area contributed by atoms with Crippen LogP contribution in [-0.4, -0.2) is 13.0 Å². The smallest absolute Gasteiger partial charge is 0.248 e. The van der Waals surface area contributed by atoms with Gasteiger partial charge in [-0.25, -0.2) is 4.39 Å². The summed E-state index contributed by atoms with van der Waals surface area (Å²) in [5, 5.41) is 2.51. The van der Waals surface area contributed by atoms with Crippen molar-refractivity contribution in [3.63, 3.8) is 0 Å². The van der Waals surface area contributed by atoms with E-state index in [0.717, 1.165) is 12.5 Å². The molecule has 0 aliphatic carbocycles. The number of methoxy groups -OCH3 is 1. The Hall–Kier alpha value is -0.930. The summed E-state index contributed by atoms with van der Waals surface area (Å²) in [6, 6.07) is 8.26. The second kappa shape index (κ2) is 8.25. The van der Waals surface area contributed by atoms with E-state index in [1.54, 1.807) is 19.3 Å². The van der Waals surface area contributed by atoms with Crippen LogP contribution in [0.2, 0.25) is 0 Å². The van der Waals surface area contributed by atoms with Gasteiger partial charge in [-0.3, -0.25) is 4.79 Å². The minimum absolute atomic E-state index is 0.141. The zero-order valence-corrected chi connectivity index (χ0v) is 17.2. The molecule has 0 spiro atoms. The van der Waals surface area contributed by atoms with Crippen molar-refractivity contribution in [2.45, 2.75) is 0 Å². The van der Waals surface area contributed by atoms with Gasteiger partial charge in [0.1, 0.15) is 11.6 Å². The molecule has 1 N–H and O–H groups in total. The number of nitrogens with one attached hydrogen (secondary N) is 1. The molecule has 0 aliphatic rings. The molecule has 120 valence electrons. The first kappa shape index (κ1) is 18.4. The first-order valence-electron chi connectivity index (χ1n) is 6.38. The maximum Gasteiger partial charge on any atom is 0.248 e. The molecule has 0 fully saturated rings. The lowest BCUT2D eigenvalue weighted by Crippen LogP contribution is -2.09. The van der Waals surface area contributed by atoms with E-state index in [9.17, 15) is 9.18 Å². The molecule has 3 nitrogen and oxygen atoms in total. The molecule has 23 heavy (non-hydrogen) atoms. The van der Waals surface area contributed by atoms with Gasteiger partial charge in [-0.15, -0.1) is 0 Å². The quantitative estimate of drug-likeness (QED) is 0.394. The predicted molar refractivity (Wildman–Crippen MR) is 105 cm³/mol. The fraction of sp³-hybridized carbons (Fsp3) is 0.0625. The number of anilines is 1. The van der Waals surface area contributed by atoms with Crippen LogP contribution in [0.5, 0.6) is 5.75 Å². The molecule has 0 saturated carbocycles. The van der Waals surface area contributed by atoms with E-state index in [0.29, 0.717) is 11.3 Å². The van der Waals surface area contributed by atoms with Gasteiger partial charge in [-0.1, -0.05) is 15.9 Å². The Bertz CT molecular complexity index is 781. The first-order chi connectivity index (χ1) is 10.9. The summed E-state index contributed by atoms with van der Waals surface area (Å²) in [5.41, 5.74) is 0.856. The number of hydrogen-bond donors (Lipinski definition) is 1.